The highest BCUT2D eigenvalue weighted by Gasteiger charge is 2.01. The van der Waals surface area contributed by atoms with Crippen LogP contribution in [0.15, 0.2) is 59.5 Å². The predicted molar refractivity (Wildman–Crippen MR) is 102 cm³/mol. The van der Waals surface area contributed by atoms with Crippen LogP contribution in [0, 0.1) is 17.4 Å². The Morgan fingerprint density at radius 2 is 1.88 bits per heavy atom. The highest BCUT2D eigenvalue weighted by Crippen LogP contribution is 2.20. The van der Waals surface area contributed by atoms with E-state index in [0.29, 0.717) is 0 Å². The summed E-state index contributed by atoms with van der Waals surface area (Å²) in [5.74, 6) is -0.877. The Morgan fingerprint density at radius 1 is 1.24 bits per heavy atom. The fourth-order valence-electron chi connectivity index (χ4n) is 1.82. The molecule has 0 amide bonds. The number of hydrogen-bond donors (Lipinski definition) is 2. The van der Waals surface area contributed by atoms with Crippen molar-refractivity contribution in [3.8, 4) is 11.3 Å². The fraction of sp³-hybridized carbons (Fsp3) is 0.158. The molecule has 0 spiro atoms. The van der Waals surface area contributed by atoms with E-state index in [-0.39, 0.29) is 0 Å². The lowest BCUT2D eigenvalue weighted by Crippen LogP contribution is -2.06. The quantitative estimate of drug-likeness (QED) is 0.485. The number of oxazole rings is 1. The summed E-state index contributed by atoms with van der Waals surface area (Å²) in [6.45, 7) is 3.57. The van der Waals surface area contributed by atoms with Crippen molar-refractivity contribution in [3.63, 3.8) is 0 Å². The van der Waals surface area contributed by atoms with Gasteiger partial charge in [0, 0.05) is 15.8 Å². The number of carboxylic acids is 1. The summed E-state index contributed by atoms with van der Waals surface area (Å²) >= 11 is 9.19. The Morgan fingerprint density at radius 3 is 2.16 bits per heavy atom. The number of hydrogen-bond acceptors (Lipinski definition) is 4. The molecule has 130 valence electrons. The van der Waals surface area contributed by atoms with Gasteiger partial charge in [0.1, 0.15) is 12.0 Å². The summed E-state index contributed by atoms with van der Waals surface area (Å²) in [4.78, 5) is 13.7. The summed E-state index contributed by atoms with van der Waals surface area (Å²) in [7, 11) is 0. The van der Waals surface area contributed by atoms with Crippen molar-refractivity contribution in [1.29, 1.82) is 0 Å². The largest absolute Gasteiger partial charge is 0.480 e. The normalized spacial score (nSPS) is 11.4. The van der Waals surface area contributed by atoms with Gasteiger partial charge in [0.2, 0.25) is 0 Å². The van der Waals surface area contributed by atoms with Gasteiger partial charge in [-0.1, -0.05) is 53.6 Å². The lowest BCUT2D eigenvalue weighted by Gasteiger charge is -2.01. The minimum atomic E-state index is -0.877. The maximum absolute atomic E-state index is 9.62. The van der Waals surface area contributed by atoms with Crippen LogP contribution >= 0.6 is 24.2 Å². The smallest absolute Gasteiger partial charge is 0.316 e. The molecule has 4 nitrogen and oxygen atoms in total. The Kier molecular flexibility index (Phi) is 6.67. The number of carbonyl (C=O) groups is 1. The number of rotatable bonds is 2. The number of aryl methyl sites for hydroxylation is 1. The van der Waals surface area contributed by atoms with Gasteiger partial charge in [-0.15, -0.1) is 0 Å². The van der Waals surface area contributed by atoms with Gasteiger partial charge in [0.05, 0.1) is 5.25 Å². The zero-order valence-electron chi connectivity index (χ0n) is 13.8. The molecule has 1 heterocycles. The Bertz CT molecular complexity index is 922. The van der Waals surface area contributed by atoms with Crippen molar-refractivity contribution in [2.45, 2.75) is 19.1 Å². The first-order chi connectivity index (χ1) is 11.9. The van der Waals surface area contributed by atoms with Crippen LogP contribution < -0.4 is 0 Å². The Labute approximate surface area is 156 Å². The minimum absolute atomic E-state index is 0.537. The van der Waals surface area contributed by atoms with E-state index in [9.17, 15) is 4.79 Å². The highest BCUT2D eigenvalue weighted by molar-refractivity contribution is 7.81. The van der Waals surface area contributed by atoms with Crippen molar-refractivity contribution in [3.05, 3.63) is 76.1 Å². The van der Waals surface area contributed by atoms with Crippen LogP contribution in [0.1, 0.15) is 12.5 Å². The van der Waals surface area contributed by atoms with Crippen molar-refractivity contribution >= 4 is 30.2 Å². The van der Waals surface area contributed by atoms with Crippen molar-refractivity contribution < 1.29 is 14.3 Å². The van der Waals surface area contributed by atoms with Crippen molar-refractivity contribution in [2.24, 2.45) is 0 Å². The van der Waals surface area contributed by atoms with E-state index in [4.69, 9.17) is 21.1 Å². The maximum Gasteiger partial charge on any atom is 0.316 e. The first-order valence-corrected chi connectivity index (χ1v) is 8.44. The van der Waals surface area contributed by atoms with Crippen LogP contribution in [-0.4, -0.2) is 21.3 Å². The Balaban J connectivity index is 0.000000148. The van der Waals surface area contributed by atoms with Gasteiger partial charge in [-0.3, -0.25) is 4.79 Å². The predicted octanol–water partition coefficient (Wildman–Crippen LogP) is 4.98. The molecule has 4 rings (SSSR count). The van der Waals surface area contributed by atoms with E-state index in [1.54, 1.807) is 6.26 Å². The first-order valence-electron chi connectivity index (χ1n) is 7.54. The number of aromatic nitrogens is 1. The molecular weight excluding hydrogens is 358 g/mol. The third-order valence-electron chi connectivity index (χ3n) is 3.42. The molecular formula is C19H18ClNO3S. The molecule has 0 radical (unpaired) electrons. The molecule has 0 saturated carbocycles. The SMILES string of the molecule is CC(S)C(=O)O.Cc1ccc(-c2cocn2)cc1.Clc1cc2ccc1=2. The van der Waals surface area contributed by atoms with Gasteiger partial charge < -0.3 is 9.52 Å². The summed E-state index contributed by atoms with van der Waals surface area (Å²) in [6.07, 6.45) is 3.08. The monoisotopic (exact) mass is 375 g/mol. The highest BCUT2D eigenvalue weighted by atomic mass is 35.5. The molecule has 1 aromatic carbocycles. The number of halogens is 1. The van der Waals surface area contributed by atoms with Crippen LogP contribution in [-0.2, 0) is 4.79 Å². The van der Waals surface area contributed by atoms with Gasteiger partial charge >= 0.3 is 5.97 Å². The second-order valence-electron chi connectivity index (χ2n) is 5.45. The maximum atomic E-state index is 9.62. The van der Waals surface area contributed by atoms with Gasteiger partial charge in [-0.25, -0.2) is 4.98 Å². The summed E-state index contributed by atoms with van der Waals surface area (Å²) in [6, 6.07) is 14.2. The lowest BCUT2D eigenvalue weighted by atomic mass is 10.1. The second-order valence-corrected chi connectivity index (χ2v) is 6.63. The van der Waals surface area contributed by atoms with E-state index in [1.807, 2.05) is 24.3 Å². The second kappa shape index (κ2) is 8.74. The van der Waals surface area contributed by atoms with Crippen molar-refractivity contribution in [2.75, 3.05) is 0 Å². The van der Waals surface area contributed by atoms with Gasteiger partial charge in [0.25, 0.3) is 0 Å². The molecule has 6 heteroatoms. The van der Waals surface area contributed by atoms with Gasteiger partial charge in [0.15, 0.2) is 6.39 Å². The molecule has 0 aliphatic heterocycles. The molecule has 2 aromatic rings. The summed E-state index contributed by atoms with van der Waals surface area (Å²) in [5, 5.41) is 10.8. The third kappa shape index (κ3) is 5.37. The van der Waals surface area contributed by atoms with E-state index in [0.717, 1.165) is 16.3 Å². The average molecular weight is 376 g/mol. The number of nitrogens with zero attached hydrogens (tertiary/aromatic N) is 1. The molecule has 1 atom stereocenters. The van der Waals surface area contributed by atoms with Crippen LogP contribution in [0.25, 0.3) is 11.3 Å². The molecule has 0 fully saturated rings. The van der Waals surface area contributed by atoms with Crippen LogP contribution in [0.4, 0.5) is 0 Å². The molecule has 2 aliphatic carbocycles. The molecule has 0 bridgehead atoms. The topological polar surface area (TPSA) is 63.3 Å². The van der Waals surface area contributed by atoms with E-state index in [1.165, 1.54) is 29.3 Å². The molecule has 1 unspecified atom stereocenters. The van der Waals surface area contributed by atoms with E-state index >= 15 is 0 Å². The van der Waals surface area contributed by atoms with Gasteiger partial charge in [-0.05, 0) is 25.1 Å². The molecule has 1 aromatic heterocycles. The minimum Gasteiger partial charge on any atom is -0.480 e. The number of benzene rings is 2. The average Bonchev–Trinajstić information content (AvgIpc) is 3.08. The summed E-state index contributed by atoms with van der Waals surface area (Å²) in [5.41, 5.74) is 3.23. The van der Waals surface area contributed by atoms with Crippen LogP contribution in [0.5, 0.6) is 0 Å². The number of carboxylic acid groups (broad SMARTS) is 1. The first kappa shape index (κ1) is 19.1. The number of aliphatic carboxylic acids is 1. The zero-order chi connectivity index (χ0) is 18.4. The molecule has 0 saturated heterocycles. The zero-order valence-corrected chi connectivity index (χ0v) is 15.5. The van der Waals surface area contributed by atoms with Crippen LogP contribution in [0.2, 0.25) is 5.02 Å². The van der Waals surface area contributed by atoms with E-state index < -0.39 is 11.2 Å². The molecule has 2 aliphatic rings. The lowest BCUT2D eigenvalue weighted by molar-refractivity contribution is -0.136. The Hall–Kier alpha value is -2.24. The van der Waals surface area contributed by atoms with Crippen molar-refractivity contribution in [1.82, 2.24) is 4.98 Å². The fourth-order valence-corrected chi connectivity index (χ4v) is 2.11. The van der Waals surface area contributed by atoms with Crippen LogP contribution in [0.3, 0.4) is 0 Å². The third-order valence-corrected chi connectivity index (χ3v) is 3.95. The molecule has 25 heavy (non-hydrogen) atoms. The molecule has 1 N–H and O–H groups in total. The van der Waals surface area contributed by atoms with Gasteiger partial charge in [-0.2, -0.15) is 12.6 Å². The van der Waals surface area contributed by atoms with E-state index in [2.05, 4.69) is 42.7 Å². The number of thiol groups is 1. The standard InChI is InChI=1S/C10H9NO.C6H3Cl.C3H6O2S/c1-8-2-4-9(5-3-8)10-6-12-7-11-10;7-6-3-4-1-2-5(4)6;1-2(6)3(4)5/h2-7H,1H3;1-3H;2,6H,1H3,(H,4,5). The summed E-state index contributed by atoms with van der Waals surface area (Å²) < 4.78 is 4.89.